The van der Waals surface area contributed by atoms with Crippen LogP contribution < -0.4 is 10.1 Å². The Morgan fingerprint density at radius 1 is 1.38 bits per heavy atom. The van der Waals surface area contributed by atoms with Crippen LogP contribution in [-0.2, 0) is 0 Å². The fraction of sp³-hybridized carbons (Fsp3) is 0.611. The molecule has 1 N–H and O–H groups in total. The van der Waals surface area contributed by atoms with Crippen LogP contribution in [0.2, 0.25) is 0 Å². The van der Waals surface area contributed by atoms with E-state index >= 15 is 0 Å². The summed E-state index contributed by atoms with van der Waals surface area (Å²) in [5, 5.41) is 13.3. The minimum atomic E-state index is -0.295. The first-order valence-electron chi connectivity index (χ1n) is 8.10. The van der Waals surface area contributed by atoms with Crippen LogP contribution in [0.1, 0.15) is 44.1 Å². The van der Waals surface area contributed by atoms with Gasteiger partial charge in [-0.2, -0.15) is 5.26 Å². The van der Waals surface area contributed by atoms with E-state index in [-0.39, 0.29) is 5.54 Å². The Kier molecular flexibility index (Phi) is 4.17. The van der Waals surface area contributed by atoms with E-state index in [4.69, 9.17) is 4.74 Å². The van der Waals surface area contributed by atoms with Crippen molar-refractivity contribution in [2.75, 3.05) is 6.61 Å². The van der Waals surface area contributed by atoms with Crippen molar-refractivity contribution in [2.45, 2.75) is 57.0 Å². The number of hydrogen-bond donors (Lipinski definition) is 1. The second-order valence-corrected chi connectivity index (χ2v) is 6.54. The third kappa shape index (κ3) is 3.39. The van der Waals surface area contributed by atoms with E-state index in [0.717, 1.165) is 31.4 Å². The number of nitrogens with one attached hydrogen (secondary N) is 1. The van der Waals surface area contributed by atoms with Gasteiger partial charge < -0.3 is 4.74 Å². The van der Waals surface area contributed by atoms with Gasteiger partial charge in [-0.15, -0.1) is 0 Å². The van der Waals surface area contributed by atoms with Crippen molar-refractivity contribution < 1.29 is 4.74 Å². The van der Waals surface area contributed by atoms with E-state index in [1.165, 1.54) is 18.4 Å². The molecule has 2 atom stereocenters. The molecule has 0 spiro atoms. The maximum absolute atomic E-state index is 9.66. The van der Waals surface area contributed by atoms with E-state index in [1.807, 2.05) is 12.1 Å². The summed E-state index contributed by atoms with van der Waals surface area (Å²) in [4.78, 5) is 0. The zero-order chi connectivity index (χ0) is 14.7. The lowest BCUT2D eigenvalue weighted by atomic mass is 9.86. The van der Waals surface area contributed by atoms with Gasteiger partial charge in [0.15, 0.2) is 0 Å². The molecule has 0 heterocycles. The maximum atomic E-state index is 9.66. The smallest absolute Gasteiger partial charge is 0.119 e. The summed E-state index contributed by atoms with van der Waals surface area (Å²) in [5.74, 6) is 1.36. The van der Waals surface area contributed by atoms with Crippen LogP contribution in [0, 0.1) is 24.2 Å². The molecular formula is C18H24N2O. The van der Waals surface area contributed by atoms with E-state index in [1.54, 1.807) is 0 Å². The highest BCUT2D eigenvalue weighted by molar-refractivity contribution is 5.27. The quantitative estimate of drug-likeness (QED) is 0.868. The van der Waals surface area contributed by atoms with Crippen LogP contribution >= 0.6 is 0 Å². The first-order valence-corrected chi connectivity index (χ1v) is 8.10. The minimum absolute atomic E-state index is 0.295. The Balaban J connectivity index is 1.55. The first kappa shape index (κ1) is 14.4. The number of hydrogen-bond acceptors (Lipinski definition) is 3. The van der Waals surface area contributed by atoms with Crippen molar-refractivity contribution in [2.24, 2.45) is 5.92 Å². The van der Waals surface area contributed by atoms with Gasteiger partial charge in [0.05, 0.1) is 12.7 Å². The fourth-order valence-corrected chi connectivity index (χ4v) is 3.45. The predicted octanol–water partition coefficient (Wildman–Crippen LogP) is 3.58. The molecule has 2 unspecified atom stereocenters. The average molecular weight is 284 g/mol. The normalized spacial score (nSPS) is 28.3. The van der Waals surface area contributed by atoms with E-state index in [9.17, 15) is 5.26 Å². The lowest BCUT2D eigenvalue weighted by Crippen LogP contribution is -2.48. The van der Waals surface area contributed by atoms with Crippen LogP contribution in [0.4, 0.5) is 0 Å². The molecule has 0 saturated heterocycles. The summed E-state index contributed by atoms with van der Waals surface area (Å²) in [5.41, 5.74) is 0.923. The lowest BCUT2D eigenvalue weighted by molar-refractivity contribution is 0.231. The van der Waals surface area contributed by atoms with Gasteiger partial charge in [-0.1, -0.05) is 18.6 Å². The van der Waals surface area contributed by atoms with Crippen LogP contribution in [0.5, 0.6) is 5.75 Å². The zero-order valence-corrected chi connectivity index (χ0v) is 12.8. The van der Waals surface area contributed by atoms with Crippen molar-refractivity contribution in [3.05, 3.63) is 29.8 Å². The molecular weight excluding hydrogens is 260 g/mol. The summed E-state index contributed by atoms with van der Waals surface area (Å²) in [6.45, 7) is 2.77. The average Bonchev–Trinajstić information content (AvgIpc) is 3.20. The van der Waals surface area contributed by atoms with E-state index < -0.39 is 0 Å². The van der Waals surface area contributed by atoms with Gasteiger partial charge >= 0.3 is 0 Å². The third-order valence-corrected chi connectivity index (χ3v) is 4.78. The number of benzene rings is 1. The van der Waals surface area contributed by atoms with Crippen LogP contribution in [-0.4, -0.2) is 18.2 Å². The Bertz CT molecular complexity index is 532. The Labute approximate surface area is 127 Å². The summed E-state index contributed by atoms with van der Waals surface area (Å²) in [7, 11) is 0. The molecule has 1 aromatic rings. The van der Waals surface area contributed by atoms with Crippen LogP contribution in [0.25, 0.3) is 0 Å². The molecule has 0 bridgehead atoms. The van der Waals surface area contributed by atoms with Gasteiger partial charge in [-0.3, -0.25) is 5.32 Å². The highest BCUT2D eigenvalue weighted by Gasteiger charge is 2.45. The van der Waals surface area contributed by atoms with Gasteiger partial charge in [0.25, 0.3) is 0 Å². The number of ether oxygens (including phenoxy) is 1. The Hall–Kier alpha value is -1.53. The highest BCUT2D eigenvalue weighted by Crippen LogP contribution is 2.40. The number of rotatable bonds is 6. The number of nitriles is 1. The largest absolute Gasteiger partial charge is 0.494 e. The van der Waals surface area contributed by atoms with Gasteiger partial charge in [0.1, 0.15) is 11.3 Å². The molecule has 0 aromatic heterocycles. The minimum Gasteiger partial charge on any atom is -0.494 e. The monoisotopic (exact) mass is 284 g/mol. The van der Waals surface area contributed by atoms with E-state index in [0.29, 0.717) is 18.6 Å². The van der Waals surface area contributed by atoms with Crippen molar-refractivity contribution in [3.63, 3.8) is 0 Å². The summed E-state index contributed by atoms with van der Waals surface area (Å²) < 4.78 is 5.87. The van der Waals surface area contributed by atoms with Crippen molar-refractivity contribution in [1.82, 2.24) is 5.32 Å². The zero-order valence-electron chi connectivity index (χ0n) is 12.8. The molecule has 1 aromatic carbocycles. The number of nitrogens with zero attached hydrogens (tertiary/aromatic N) is 1. The predicted molar refractivity (Wildman–Crippen MR) is 83.1 cm³/mol. The molecule has 3 heteroatoms. The molecule has 0 amide bonds. The second-order valence-electron chi connectivity index (χ2n) is 6.54. The fourth-order valence-electron chi connectivity index (χ4n) is 3.45. The Morgan fingerprint density at radius 3 is 2.95 bits per heavy atom. The van der Waals surface area contributed by atoms with E-state index in [2.05, 4.69) is 30.4 Å². The number of aryl methyl sites for hydroxylation is 1. The first-order chi connectivity index (χ1) is 10.2. The van der Waals surface area contributed by atoms with Crippen LogP contribution in [0.15, 0.2) is 24.3 Å². The highest BCUT2D eigenvalue weighted by atomic mass is 16.5. The summed E-state index contributed by atoms with van der Waals surface area (Å²) in [6, 6.07) is 11.3. The molecule has 0 aliphatic heterocycles. The third-order valence-electron chi connectivity index (χ3n) is 4.78. The van der Waals surface area contributed by atoms with Crippen LogP contribution in [0.3, 0.4) is 0 Å². The molecule has 21 heavy (non-hydrogen) atoms. The molecule has 2 aliphatic rings. The van der Waals surface area contributed by atoms with Gasteiger partial charge in [-0.05, 0) is 62.6 Å². The van der Waals surface area contributed by atoms with Crippen molar-refractivity contribution in [1.29, 1.82) is 5.26 Å². The lowest BCUT2D eigenvalue weighted by Gasteiger charge is -2.30. The molecule has 2 aliphatic carbocycles. The Morgan fingerprint density at radius 2 is 2.24 bits per heavy atom. The molecule has 3 rings (SSSR count). The molecule has 3 nitrogen and oxygen atoms in total. The maximum Gasteiger partial charge on any atom is 0.119 e. The molecule has 2 fully saturated rings. The van der Waals surface area contributed by atoms with Crippen molar-refractivity contribution >= 4 is 0 Å². The second kappa shape index (κ2) is 6.07. The SMILES string of the molecule is Cc1cccc(OCCC2CCCC2(C#N)NC2CC2)c1. The molecule has 2 saturated carbocycles. The van der Waals surface area contributed by atoms with Gasteiger partial charge in [0.2, 0.25) is 0 Å². The topological polar surface area (TPSA) is 45.0 Å². The van der Waals surface area contributed by atoms with Crippen molar-refractivity contribution in [3.8, 4) is 11.8 Å². The van der Waals surface area contributed by atoms with Gasteiger partial charge in [-0.25, -0.2) is 0 Å². The summed E-state index contributed by atoms with van der Waals surface area (Å²) in [6.07, 6.45) is 6.72. The standard InChI is InChI=1S/C18H24N2O/c1-14-4-2-6-17(12-14)21-11-9-15-5-3-10-18(15,13-19)20-16-7-8-16/h2,4,6,12,15-16,20H,3,5,7-11H2,1H3. The summed E-state index contributed by atoms with van der Waals surface area (Å²) >= 11 is 0. The molecule has 0 radical (unpaired) electrons. The molecule has 112 valence electrons. The van der Waals surface area contributed by atoms with Gasteiger partial charge in [0, 0.05) is 6.04 Å².